The van der Waals surface area contributed by atoms with E-state index in [9.17, 15) is 24.0 Å². The van der Waals surface area contributed by atoms with Crippen molar-refractivity contribution in [3.63, 3.8) is 0 Å². The molecule has 2 aromatic carbocycles. The minimum Gasteiger partial charge on any atom is -0.463 e. The lowest BCUT2D eigenvalue weighted by Gasteiger charge is -2.43. The highest BCUT2D eigenvalue weighted by Gasteiger charge is 2.53. The second kappa shape index (κ2) is 13.4. The first-order valence-electron chi connectivity index (χ1n) is 14.3. The number of esters is 4. The lowest BCUT2D eigenvalue weighted by molar-refractivity contribution is -0.288. The molecule has 0 N–H and O–H groups in total. The molecule has 0 amide bonds. The van der Waals surface area contributed by atoms with Gasteiger partial charge in [-0.3, -0.25) is 24.0 Å². The number of fused-ring (bicyclic) bond motifs is 2. The number of carbonyl (C=O) groups is 4. The summed E-state index contributed by atoms with van der Waals surface area (Å²) in [6.45, 7) is 5.80. The third kappa shape index (κ3) is 6.99. The van der Waals surface area contributed by atoms with Crippen molar-refractivity contribution < 1.29 is 52.0 Å². The number of pyridine rings is 1. The number of nitrogens with zero attached hydrogens (tertiary/aromatic N) is 1. The smallest absolute Gasteiger partial charge is 0.303 e. The Labute approximate surface area is 262 Å². The Hall–Kier alpha value is -5.30. The summed E-state index contributed by atoms with van der Waals surface area (Å²) >= 11 is 0. The van der Waals surface area contributed by atoms with Crippen LogP contribution in [0.25, 0.3) is 33.1 Å². The average molecular weight is 634 g/mol. The molecule has 0 aliphatic carbocycles. The van der Waals surface area contributed by atoms with Gasteiger partial charge in [-0.1, -0.05) is 24.3 Å². The molecule has 5 atom stereocenters. The minimum atomic E-state index is -1.45. The van der Waals surface area contributed by atoms with Crippen LogP contribution in [0.1, 0.15) is 33.5 Å². The first kappa shape index (κ1) is 32.1. The molecule has 1 fully saturated rings. The first-order chi connectivity index (χ1) is 21.9. The summed E-state index contributed by atoms with van der Waals surface area (Å²) in [5.74, 6) is -2.48. The summed E-state index contributed by atoms with van der Waals surface area (Å²) in [7, 11) is 0. The van der Waals surface area contributed by atoms with Crippen molar-refractivity contribution in [1.29, 1.82) is 0 Å². The van der Waals surface area contributed by atoms with Crippen molar-refractivity contribution in [1.82, 2.24) is 4.98 Å². The molecular weight excluding hydrogens is 602 g/mol. The molecule has 5 rings (SSSR count). The average Bonchev–Trinajstić information content (AvgIpc) is 2.98. The quantitative estimate of drug-likeness (QED) is 0.203. The molecule has 0 bridgehead atoms. The number of rotatable bonds is 8. The third-order valence-electron chi connectivity index (χ3n) is 7.09. The number of aryl methyl sites for hydroxylation is 1. The minimum absolute atomic E-state index is 0.132. The second-order valence-electron chi connectivity index (χ2n) is 10.6. The molecule has 2 aromatic heterocycles. The van der Waals surface area contributed by atoms with Gasteiger partial charge in [0.25, 0.3) is 0 Å². The third-order valence-corrected chi connectivity index (χ3v) is 7.09. The van der Waals surface area contributed by atoms with Crippen LogP contribution in [-0.4, -0.2) is 66.2 Å². The summed E-state index contributed by atoms with van der Waals surface area (Å²) in [5.41, 5.74) is 1.39. The monoisotopic (exact) mass is 633 g/mol. The van der Waals surface area contributed by atoms with Gasteiger partial charge in [0.2, 0.25) is 17.8 Å². The molecule has 1 saturated heterocycles. The van der Waals surface area contributed by atoms with Crippen molar-refractivity contribution in [3.05, 3.63) is 70.6 Å². The predicted octanol–water partition coefficient (Wildman–Crippen LogP) is 3.78. The van der Waals surface area contributed by atoms with Gasteiger partial charge in [0.1, 0.15) is 29.8 Å². The van der Waals surface area contributed by atoms with Gasteiger partial charge in [0.05, 0.1) is 22.2 Å². The zero-order chi connectivity index (χ0) is 33.1. The van der Waals surface area contributed by atoms with Crippen LogP contribution in [0.3, 0.4) is 0 Å². The topological polar surface area (TPSA) is 167 Å². The highest BCUT2D eigenvalue weighted by atomic mass is 16.7. The fourth-order valence-corrected chi connectivity index (χ4v) is 5.28. The SMILES string of the molecule is CC(=O)OC[C@@H]1O[C@@H](Oc2ccc3c(=O)c(-c4ccc5ccccc5n4)c(C)oc3c2)[C@@H](OC(C)=O)[C@@H](OC(C)=O)[C@@H]1OC(C)=O. The number of carbonyl (C=O) groups excluding carboxylic acids is 4. The Morgan fingerprint density at radius 3 is 2.17 bits per heavy atom. The standard InChI is InChI=1S/C33H31NO12/c1-16-28(25-13-10-21-8-6-7-9-24(21)34-25)29(39)23-12-11-22(14-26(23)41-16)45-33-32(44-20(5)38)31(43-19(4)37)30(42-18(3)36)27(46-33)15-40-17(2)35/h6-14,27,30-33H,15H2,1-5H3/t27-,30+,31-,32-,33+/m0/s1. The predicted molar refractivity (Wildman–Crippen MR) is 161 cm³/mol. The Kier molecular flexibility index (Phi) is 9.33. The fraction of sp³-hybridized carbons (Fsp3) is 0.333. The molecule has 1 aliphatic heterocycles. The maximum absolute atomic E-state index is 13.6. The summed E-state index contributed by atoms with van der Waals surface area (Å²) in [6.07, 6.45) is -6.80. The number of hydrogen-bond acceptors (Lipinski definition) is 13. The van der Waals surface area contributed by atoms with E-state index in [0.717, 1.165) is 31.7 Å². The van der Waals surface area contributed by atoms with Crippen LogP contribution in [0.4, 0.5) is 0 Å². The molecule has 13 nitrogen and oxygen atoms in total. The second-order valence-corrected chi connectivity index (χ2v) is 10.6. The molecular formula is C33H31NO12. The normalized spacial score (nSPS) is 20.9. The van der Waals surface area contributed by atoms with Gasteiger partial charge in [-0.15, -0.1) is 0 Å². The van der Waals surface area contributed by atoms with E-state index in [1.807, 2.05) is 30.3 Å². The lowest BCUT2D eigenvalue weighted by atomic mass is 9.98. The number of hydrogen-bond donors (Lipinski definition) is 0. The number of benzene rings is 2. The molecule has 0 saturated carbocycles. The van der Waals surface area contributed by atoms with Gasteiger partial charge < -0.3 is 32.8 Å². The van der Waals surface area contributed by atoms with E-state index in [0.29, 0.717) is 17.0 Å². The maximum atomic E-state index is 13.6. The Bertz CT molecular complexity index is 1880. The molecule has 240 valence electrons. The molecule has 0 unspecified atom stereocenters. The summed E-state index contributed by atoms with van der Waals surface area (Å²) in [5, 5.41) is 1.18. The Morgan fingerprint density at radius 2 is 1.48 bits per heavy atom. The van der Waals surface area contributed by atoms with Crippen LogP contribution in [-0.2, 0) is 42.9 Å². The Balaban J connectivity index is 1.51. The number of ether oxygens (including phenoxy) is 6. The van der Waals surface area contributed by atoms with Gasteiger partial charge in [-0.25, -0.2) is 4.98 Å². The van der Waals surface area contributed by atoms with E-state index < -0.39 is 61.2 Å². The highest BCUT2D eigenvalue weighted by molar-refractivity contribution is 5.86. The molecule has 1 aliphatic rings. The summed E-state index contributed by atoms with van der Waals surface area (Å²) in [4.78, 5) is 66.1. The fourth-order valence-electron chi connectivity index (χ4n) is 5.28. The van der Waals surface area contributed by atoms with Gasteiger partial charge in [0, 0.05) is 39.1 Å². The molecule has 13 heteroatoms. The molecule has 46 heavy (non-hydrogen) atoms. The highest BCUT2D eigenvalue weighted by Crippen LogP contribution is 2.32. The van der Waals surface area contributed by atoms with Crippen LogP contribution in [0.2, 0.25) is 0 Å². The van der Waals surface area contributed by atoms with Crippen LogP contribution in [0.15, 0.2) is 63.8 Å². The van der Waals surface area contributed by atoms with Gasteiger partial charge in [-0.05, 0) is 31.2 Å². The van der Waals surface area contributed by atoms with E-state index >= 15 is 0 Å². The maximum Gasteiger partial charge on any atom is 0.303 e. The summed E-state index contributed by atoms with van der Waals surface area (Å²) in [6, 6.07) is 15.6. The van der Waals surface area contributed by atoms with E-state index in [1.54, 1.807) is 13.0 Å². The van der Waals surface area contributed by atoms with Crippen molar-refractivity contribution in [3.8, 4) is 17.0 Å². The van der Waals surface area contributed by atoms with E-state index in [4.69, 9.17) is 32.8 Å². The van der Waals surface area contributed by atoms with Crippen molar-refractivity contribution >= 4 is 45.7 Å². The van der Waals surface area contributed by atoms with Crippen molar-refractivity contribution in [2.45, 2.75) is 65.3 Å². The van der Waals surface area contributed by atoms with Crippen molar-refractivity contribution in [2.75, 3.05) is 6.61 Å². The van der Waals surface area contributed by atoms with E-state index in [1.165, 1.54) is 25.1 Å². The zero-order valence-electron chi connectivity index (χ0n) is 25.6. The van der Waals surface area contributed by atoms with Gasteiger partial charge >= 0.3 is 23.9 Å². The van der Waals surface area contributed by atoms with Gasteiger partial charge in [0.15, 0.2) is 12.2 Å². The number of aromatic nitrogens is 1. The molecule has 4 aromatic rings. The van der Waals surface area contributed by atoms with Gasteiger partial charge in [-0.2, -0.15) is 0 Å². The van der Waals surface area contributed by atoms with Crippen molar-refractivity contribution in [2.24, 2.45) is 0 Å². The van der Waals surface area contributed by atoms with E-state index in [-0.39, 0.29) is 22.1 Å². The van der Waals surface area contributed by atoms with Crippen LogP contribution < -0.4 is 10.2 Å². The van der Waals surface area contributed by atoms with Crippen LogP contribution >= 0.6 is 0 Å². The molecule has 0 spiro atoms. The molecule has 3 heterocycles. The van der Waals surface area contributed by atoms with Crippen LogP contribution in [0, 0.1) is 6.92 Å². The summed E-state index contributed by atoms with van der Waals surface area (Å²) < 4.78 is 39.5. The zero-order valence-corrected chi connectivity index (χ0v) is 25.6. The number of para-hydroxylation sites is 1. The Morgan fingerprint density at radius 1 is 0.804 bits per heavy atom. The first-order valence-corrected chi connectivity index (χ1v) is 14.3. The largest absolute Gasteiger partial charge is 0.463 e. The van der Waals surface area contributed by atoms with E-state index in [2.05, 4.69) is 4.98 Å². The lowest BCUT2D eigenvalue weighted by Crippen LogP contribution is -2.63. The molecule has 0 radical (unpaired) electrons. The van der Waals surface area contributed by atoms with Crippen LogP contribution in [0.5, 0.6) is 5.75 Å².